The van der Waals surface area contributed by atoms with Crippen LogP contribution >= 0.6 is 0 Å². The minimum Gasteiger partial charge on any atom is -0.481 e. The average molecular weight is 338 g/mol. The molecule has 0 bridgehead atoms. The van der Waals surface area contributed by atoms with Crippen molar-refractivity contribution in [3.8, 4) is 0 Å². The summed E-state index contributed by atoms with van der Waals surface area (Å²) in [7, 11) is 0. The Morgan fingerprint density at radius 1 is 1.04 bits per heavy atom. The Bertz CT molecular complexity index is 389. The first kappa shape index (κ1) is 20.9. The van der Waals surface area contributed by atoms with Crippen LogP contribution in [0.25, 0.3) is 0 Å². The zero-order chi connectivity index (χ0) is 17.6. The maximum Gasteiger partial charge on any atom is 0.303 e. The minimum atomic E-state index is -0.720. The number of hydrogen-bond acceptors (Lipinski definition) is 3. The molecule has 0 saturated heterocycles. The second-order valence-electron chi connectivity index (χ2n) is 6.98. The van der Waals surface area contributed by atoms with E-state index in [0.29, 0.717) is 11.7 Å². The van der Waals surface area contributed by atoms with E-state index in [1.165, 1.54) is 0 Å². The number of unbranched alkanes of at least 4 members (excludes halogenated alkanes) is 7. The highest BCUT2D eigenvalue weighted by Gasteiger charge is 2.31. The zero-order valence-electron chi connectivity index (χ0n) is 14.9. The highest BCUT2D eigenvalue weighted by Crippen LogP contribution is 2.34. The number of allylic oxidation sites excluding steroid dienone is 2. The smallest absolute Gasteiger partial charge is 0.303 e. The third-order valence-corrected chi connectivity index (χ3v) is 4.97. The van der Waals surface area contributed by atoms with E-state index in [4.69, 9.17) is 10.2 Å². The standard InChI is InChI=1S/C20H34O4/c21-16-10-6-2-1-3-7-11-17-14-15-19(22)18(17)12-8-4-5-9-13-20(23)24/h7,11,17-18,21H,1-6,8-10,12-16H2,(H,23,24)/b11-7+/t17-,18+/m0/s1. The first-order valence-electron chi connectivity index (χ1n) is 9.67. The predicted molar refractivity (Wildman–Crippen MR) is 95.9 cm³/mol. The Labute approximate surface area is 146 Å². The molecule has 1 saturated carbocycles. The third-order valence-electron chi connectivity index (χ3n) is 4.97. The van der Waals surface area contributed by atoms with E-state index in [1.54, 1.807) is 0 Å². The molecule has 0 spiro atoms. The van der Waals surface area contributed by atoms with Crippen LogP contribution in [-0.4, -0.2) is 28.6 Å². The van der Waals surface area contributed by atoms with Gasteiger partial charge in [0.2, 0.25) is 0 Å². The van der Waals surface area contributed by atoms with Gasteiger partial charge in [-0.25, -0.2) is 0 Å². The van der Waals surface area contributed by atoms with Gasteiger partial charge in [0, 0.05) is 25.4 Å². The van der Waals surface area contributed by atoms with Gasteiger partial charge in [0.25, 0.3) is 0 Å². The average Bonchev–Trinajstić information content (AvgIpc) is 2.90. The molecule has 2 N–H and O–H groups in total. The number of aliphatic hydroxyl groups is 1. The van der Waals surface area contributed by atoms with E-state index in [-0.39, 0.29) is 18.9 Å². The molecule has 0 aromatic carbocycles. The molecule has 0 amide bonds. The molecule has 1 aliphatic carbocycles. The lowest BCUT2D eigenvalue weighted by atomic mass is 9.89. The highest BCUT2D eigenvalue weighted by molar-refractivity contribution is 5.83. The molecule has 0 aromatic heterocycles. The van der Waals surface area contributed by atoms with E-state index < -0.39 is 5.97 Å². The molecule has 4 nitrogen and oxygen atoms in total. The van der Waals surface area contributed by atoms with Gasteiger partial charge in [-0.05, 0) is 44.4 Å². The number of hydrogen-bond donors (Lipinski definition) is 2. The molecule has 4 heteroatoms. The number of aliphatic carboxylic acids is 1. The number of carboxylic acid groups (broad SMARTS) is 1. The molecule has 24 heavy (non-hydrogen) atoms. The van der Waals surface area contributed by atoms with Crippen LogP contribution in [0.1, 0.15) is 83.5 Å². The predicted octanol–water partition coefficient (Wildman–Crippen LogP) is 4.51. The van der Waals surface area contributed by atoms with Crippen molar-refractivity contribution in [3.05, 3.63) is 12.2 Å². The van der Waals surface area contributed by atoms with Crippen LogP contribution in [0.4, 0.5) is 0 Å². The van der Waals surface area contributed by atoms with E-state index in [1.807, 2.05) is 0 Å². The van der Waals surface area contributed by atoms with Gasteiger partial charge in [0.15, 0.2) is 0 Å². The molecule has 0 heterocycles. The summed E-state index contributed by atoms with van der Waals surface area (Å²) in [6, 6.07) is 0. The molecule has 2 atom stereocenters. The van der Waals surface area contributed by atoms with Crippen LogP contribution in [0, 0.1) is 11.8 Å². The summed E-state index contributed by atoms with van der Waals surface area (Å²) < 4.78 is 0. The van der Waals surface area contributed by atoms with Gasteiger partial charge in [-0.15, -0.1) is 0 Å². The van der Waals surface area contributed by atoms with E-state index in [0.717, 1.165) is 77.0 Å². The summed E-state index contributed by atoms with van der Waals surface area (Å²) >= 11 is 0. The monoisotopic (exact) mass is 338 g/mol. The van der Waals surface area contributed by atoms with Gasteiger partial charge in [-0.1, -0.05) is 44.3 Å². The Hall–Kier alpha value is -1.16. The first-order chi connectivity index (χ1) is 11.6. The van der Waals surface area contributed by atoms with Gasteiger partial charge in [-0.2, -0.15) is 0 Å². The van der Waals surface area contributed by atoms with Crippen LogP contribution < -0.4 is 0 Å². The van der Waals surface area contributed by atoms with Crippen molar-refractivity contribution in [1.82, 2.24) is 0 Å². The summed E-state index contributed by atoms with van der Waals surface area (Å²) in [4.78, 5) is 22.5. The van der Waals surface area contributed by atoms with Crippen molar-refractivity contribution in [3.63, 3.8) is 0 Å². The van der Waals surface area contributed by atoms with Gasteiger partial charge in [-0.3, -0.25) is 9.59 Å². The van der Waals surface area contributed by atoms with Crippen LogP contribution in [0.15, 0.2) is 12.2 Å². The Balaban J connectivity index is 2.17. The van der Waals surface area contributed by atoms with E-state index in [2.05, 4.69) is 12.2 Å². The van der Waals surface area contributed by atoms with E-state index in [9.17, 15) is 9.59 Å². The number of Topliss-reactive ketones (excluding diaryl/α,β-unsaturated/α-hetero) is 1. The van der Waals surface area contributed by atoms with Crippen molar-refractivity contribution in [1.29, 1.82) is 0 Å². The number of carboxylic acids is 1. The molecule has 0 radical (unpaired) electrons. The quantitative estimate of drug-likeness (QED) is 0.361. The third kappa shape index (κ3) is 9.21. The van der Waals surface area contributed by atoms with Crippen LogP contribution in [0.5, 0.6) is 0 Å². The molecule has 0 aromatic rings. The zero-order valence-corrected chi connectivity index (χ0v) is 14.9. The molecule has 0 unspecified atom stereocenters. The van der Waals surface area contributed by atoms with Crippen molar-refractivity contribution in [2.45, 2.75) is 83.5 Å². The number of carbonyl (C=O) groups excluding carboxylic acids is 1. The Kier molecular flexibility index (Phi) is 11.5. The highest BCUT2D eigenvalue weighted by atomic mass is 16.4. The number of carbonyl (C=O) groups is 2. The summed E-state index contributed by atoms with van der Waals surface area (Å²) in [6.45, 7) is 0.290. The van der Waals surface area contributed by atoms with Crippen molar-refractivity contribution >= 4 is 11.8 Å². The number of ketones is 1. The van der Waals surface area contributed by atoms with E-state index >= 15 is 0 Å². The van der Waals surface area contributed by atoms with Crippen molar-refractivity contribution in [2.24, 2.45) is 11.8 Å². The normalized spacial score (nSPS) is 21.0. The molecule has 1 rings (SSSR count). The molecule has 0 aliphatic heterocycles. The molecule has 1 aliphatic rings. The topological polar surface area (TPSA) is 74.6 Å². The maximum atomic E-state index is 12.1. The molecule has 138 valence electrons. The maximum absolute atomic E-state index is 12.1. The second kappa shape index (κ2) is 13.2. The van der Waals surface area contributed by atoms with Gasteiger partial charge in [0.1, 0.15) is 5.78 Å². The van der Waals surface area contributed by atoms with Crippen LogP contribution in [0.2, 0.25) is 0 Å². The molecular formula is C20H34O4. The van der Waals surface area contributed by atoms with Crippen molar-refractivity contribution < 1.29 is 19.8 Å². The van der Waals surface area contributed by atoms with Gasteiger partial charge in [0.05, 0.1) is 0 Å². The number of rotatable bonds is 14. The van der Waals surface area contributed by atoms with Crippen molar-refractivity contribution in [2.75, 3.05) is 6.61 Å². The lowest BCUT2D eigenvalue weighted by Crippen LogP contribution is -2.13. The fraction of sp³-hybridized carbons (Fsp3) is 0.800. The van der Waals surface area contributed by atoms with Gasteiger partial charge < -0.3 is 10.2 Å². The Morgan fingerprint density at radius 3 is 2.50 bits per heavy atom. The second-order valence-corrected chi connectivity index (χ2v) is 6.98. The fourth-order valence-corrected chi connectivity index (χ4v) is 3.53. The lowest BCUT2D eigenvalue weighted by molar-refractivity contribution is -0.137. The van der Waals surface area contributed by atoms with Crippen LogP contribution in [0.3, 0.4) is 0 Å². The fourth-order valence-electron chi connectivity index (χ4n) is 3.53. The minimum absolute atomic E-state index is 0.190. The van der Waals surface area contributed by atoms with Gasteiger partial charge >= 0.3 is 5.97 Å². The molecular weight excluding hydrogens is 304 g/mol. The van der Waals surface area contributed by atoms with Crippen LogP contribution in [-0.2, 0) is 9.59 Å². The molecule has 1 fully saturated rings. The summed E-state index contributed by atoms with van der Waals surface area (Å²) in [5, 5.41) is 17.3. The summed E-state index contributed by atoms with van der Waals surface area (Å²) in [6.07, 6.45) is 16.5. The summed E-state index contributed by atoms with van der Waals surface area (Å²) in [5.41, 5.74) is 0. The lowest BCUT2D eigenvalue weighted by Gasteiger charge is -2.14. The summed E-state index contributed by atoms with van der Waals surface area (Å²) in [5.74, 6) is 0.296. The largest absolute Gasteiger partial charge is 0.481 e. The number of aliphatic hydroxyl groups excluding tert-OH is 1. The Morgan fingerprint density at radius 2 is 1.75 bits per heavy atom. The SMILES string of the molecule is O=C(O)CCCCCC[C@H]1C(=O)CC[C@@H]1/C=C/CCCCCCO. The first-order valence-corrected chi connectivity index (χ1v) is 9.67.